The molecule has 4 heteroatoms. The van der Waals surface area contributed by atoms with Crippen molar-refractivity contribution in [3.05, 3.63) is 11.6 Å². The highest BCUT2D eigenvalue weighted by Crippen LogP contribution is 2.04. The summed E-state index contributed by atoms with van der Waals surface area (Å²) in [4.78, 5) is 10.3. The fraction of sp³-hybridized carbons (Fsp3) is 0.667. The highest BCUT2D eigenvalue weighted by Gasteiger charge is 2.04. The van der Waals surface area contributed by atoms with Crippen molar-refractivity contribution < 1.29 is 19.4 Å². The van der Waals surface area contributed by atoms with Crippen LogP contribution in [0.15, 0.2) is 11.6 Å². The fourth-order valence-electron chi connectivity index (χ4n) is 0.908. The molecule has 0 fully saturated rings. The van der Waals surface area contributed by atoms with Crippen molar-refractivity contribution in [1.29, 1.82) is 0 Å². The molecule has 0 aliphatic rings. The van der Waals surface area contributed by atoms with E-state index >= 15 is 0 Å². The molecule has 0 saturated heterocycles. The largest absolute Gasteiger partial charge is 0.478 e. The molecule has 0 aromatic carbocycles. The zero-order valence-corrected chi connectivity index (χ0v) is 7.50. The Morgan fingerprint density at radius 2 is 2.00 bits per heavy atom. The molecular formula is C9H15FO3. The highest BCUT2D eigenvalue weighted by atomic mass is 19.1. The van der Waals surface area contributed by atoms with Crippen LogP contribution in [0.3, 0.4) is 0 Å². The lowest BCUT2D eigenvalue weighted by Crippen LogP contribution is -2.02. The van der Waals surface area contributed by atoms with Gasteiger partial charge in [0, 0.05) is 6.61 Å². The molecule has 0 heterocycles. The third-order valence-corrected chi connectivity index (χ3v) is 1.67. The first kappa shape index (κ1) is 12.1. The molecule has 0 unspecified atom stereocenters. The molecular weight excluding hydrogens is 175 g/mol. The van der Waals surface area contributed by atoms with Gasteiger partial charge in [-0.05, 0) is 19.3 Å². The SMILES string of the molecule is O=C(O)C(=CCCCCCO)CF. The maximum atomic E-state index is 12.0. The third kappa shape index (κ3) is 6.28. The van der Waals surface area contributed by atoms with E-state index in [0.29, 0.717) is 12.8 Å². The van der Waals surface area contributed by atoms with Gasteiger partial charge in [-0.25, -0.2) is 9.18 Å². The molecule has 13 heavy (non-hydrogen) atoms. The van der Waals surface area contributed by atoms with Gasteiger partial charge in [-0.3, -0.25) is 0 Å². The van der Waals surface area contributed by atoms with Crippen molar-refractivity contribution in [3.8, 4) is 0 Å². The highest BCUT2D eigenvalue weighted by molar-refractivity contribution is 5.86. The smallest absolute Gasteiger partial charge is 0.333 e. The Kier molecular flexibility index (Phi) is 7.20. The van der Waals surface area contributed by atoms with Gasteiger partial charge in [-0.15, -0.1) is 0 Å². The summed E-state index contributed by atoms with van der Waals surface area (Å²) in [5.74, 6) is -1.19. The second kappa shape index (κ2) is 7.73. The number of carboxylic acid groups (broad SMARTS) is 1. The van der Waals surface area contributed by atoms with Crippen LogP contribution < -0.4 is 0 Å². The van der Waals surface area contributed by atoms with Crippen LogP contribution in [0, 0.1) is 0 Å². The average Bonchev–Trinajstić information content (AvgIpc) is 2.10. The first-order valence-corrected chi connectivity index (χ1v) is 4.31. The number of alkyl halides is 1. The minimum absolute atomic E-state index is 0.151. The van der Waals surface area contributed by atoms with E-state index in [4.69, 9.17) is 10.2 Å². The zero-order valence-electron chi connectivity index (χ0n) is 7.50. The van der Waals surface area contributed by atoms with E-state index < -0.39 is 12.6 Å². The Labute approximate surface area is 76.9 Å². The van der Waals surface area contributed by atoms with Gasteiger partial charge in [-0.2, -0.15) is 0 Å². The molecule has 0 aromatic rings. The molecule has 2 N–H and O–H groups in total. The van der Waals surface area contributed by atoms with E-state index in [-0.39, 0.29) is 12.2 Å². The van der Waals surface area contributed by atoms with Crippen LogP contribution in [-0.4, -0.2) is 29.5 Å². The van der Waals surface area contributed by atoms with Gasteiger partial charge in [0.2, 0.25) is 0 Å². The molecule has 0 aliphatic heterocycles. The van der Waals surface area contributed by atoms with Crippen molar-refractivity contribution in [2.45, 2.75) is 25.7 Å². The summed E-state index contributed by atoms with van der Waals surface area (Å²) in [6, 6.07) is 0. The second-order valence-electron chi connectivity index (χ2n) is 2.74. The van der Waals surface area contributed by atoms with E-state index in [9.17, 15) is 9.18 Å². The van der Waals surface area contributed by atoms with Crippen molar-refractivity contribution in [3.63, 3.8) is 0 Å². The summed E-state index contributed by atoms with van der Waals surface area (Å²) in [7, 11) is 0. The van der Waals surface area contributed by atoms with E-state index in [2.05, 4.69) is 0 Å². The van der Waals surface area contributed by atoms with E-state index in [1.807, 2.05) is 0 Å². The Balaban J connectivity index is 3.61. The monoisotopic (exact) mass is 190 g/mol. The molecule has 0 spiro atoms. The lowest BCUT2D eigenvalue weighted by molar-refractivity contribution is -0.132. The first-order chi connectivity index (χ1) is 6.22. The summed E-state index contributed by atoms with van der Waals surface area (Å²) in [6.45, 7) is -0.770. The molecule has 0 aliphatic carbocycles. The van der Waals surface area contributed by atoms with Gasteiger partial charge in [0.15, 0.2) is 0 Å². The van der Waals surface area contributed by atoms with Crippen LogP contribution in [0.25, 0.3) is 0 Å². The third-order valence-electron chi connectivity index (χ3n) is 1.67. The quantitative estimate of drug-likeness (QED) is 0.472. The molecule has 0 saturated carbocycles. The Morgan fingerprint density at radius 3 is 2.46 bits per heavy atom. The maximum Gasteiger partial charge on any atom is 0.333 e. The van der Waals surface area contributed by atoms with Crippen molar-refractivity contribution >= 4 is 5.97 Å². The average molecular weight is 190 g/mol. The van der Waals surface area contributed by atoms with Gasteiger partial charge in [-0.1, -0.05) is 12.5 Å². The standard InChI is InChI=1S/C9H15FO3/c10-7-8(9(12)13)5-3-1-2-4-6-11/h5,11H,1-4,6-7H2,(H,12,13). The molecule has 76 valence electrons. The van der Waals surface area contributed by atoms with Gasteiger partial charge < -0.3 is 10.2 Å². The summed E-state index contributed by atoms with van der Waals surface area (Å²) in [5, 5.41) is 16.9. The molecule has 3 nitrogen and oxygen atoms in total. The van der Waals surface area contributed by atoms with Crippen LogP contribution in [-0.2, 0) is 4.79 Å². The second-order valence-corrected chi connectivity index (χ2v) is 2.74. The van der Waals surface area contributed by atoms with Gasteiger partial charge in [0.1, 0.15) is 6.67 Å². The molecule has 0 bridgehead atoms. The number of aliphatic hydroxyl groups is 1. The van der Waals surface area contributed by atoms with Crippen LogP contribution in [0.1, 0.15) is 25.7 Å². The predicted molar refractivity (Wildman–Crippen MR) is 47.2 cm³/mol. The molecule has 0 rings (SSSR count). The van der Waals surface area contributed by atoms with Crippen LogP contribution in [0.5, 0.6) is 0 Å². The van der Waals surface area contributed by atoms with Crippen molar-refractivity contribution in [1.82, 2.24) is 0 Å². The van der Waals surface area contributed by atoms with E-state index in [1.165, 1.54) is 6.08 Å². The Bertz CT molecular complexity index is 178. The summed E-state index contributed by atoms with van der Waals surface area (Å²) in [5.41, 5.74) is -0.177. The lowest BCUT2D eigenvalue weighted by atomic mass is 10.1. The minimum Gasteiger partial charge on any atom is -0.478 e. The number of unbranched alkanes of at least 4 members (excludes halogenated alkanes) is 3. The minimum atomic E-state index is -1.19. The van der Waals surface area contributed by atoms with E-state index in [0.717, 1.165) is 12.8 Å². The molecule has 0 amide bonds. The number of hydrogen-bond acceptors (Lipinski definition) is 2. The van der Waals surface area contributed by atoms with Gasteiger partial charge in [0.05, 0.1) is 5.57 Å². The Morgan fingerprint density at radius 1 is 1.31 bits per heavy atom. The zero-order chi connectivity index (χ0) is 10.1. The molecule has 0 aromatic heterocycles. The summed E-state index contributed by atoms with van der Waals surface area (Å²) in [6.07, 6.45) is 4.31. The van der Waals surface area contributed by atoms with Crippen molar-refractivity contribution in [2.75, 3.05) is 13.3 Å². The number of halogens is 1. The fourth-order valence-corrected chi connectivity index (χ4v) is 0.908. The number of allylic oxidation sites excluding steroid dienone is 1. The number of aliphatic hydroxyl groups excluding tert-OH is 1. The maximum absolute atomic E-state index is 12.0. The number of rotatable bonds is 7. The normalized spacial score (nSPS) is 11.7. The summed E-state index contributed by atoms with van der Waals surface area (Å²) >= 11 is 0. The Hall–Kier alpha value is -0.900. The summed E-state index contributed by atoms with van der Waals surface area (Å²) < 4.78 is 12.0. The number of carboxylic acids is 1. The van der Waals surface area contributed by atoms with Crippen LogP contribution >= 0.6 is 0 Å². The lowest BCUT2D eigenvalue weighted by Gasteiger charge is -1.96. The number of aliphatic carboxylic acids is 1. The van der Waals surface area contributed by atoms with Gasteiger partial charge >= 0.3 is 5.97 Å². The van der Waals surface area contributed by atoms with Crippen LogP contribution in [0.4, 0.5) is 4.39 Å². The topological polar surface area (TPSA) is 57.5 Å². The van der Waals surface area contributed by atoms with Crippen LogP contribution in [0.2, 0.25) is 0 Å². The molecule has 0 atom stereocenters. The number of carbonyl (C=O) groups is 1. The predicted octanol–water partition coefficient (Wildman–Crippen LogP) is 1.52. The number of hydrogen-bond donors (Lipinski definition) is 2. The van der Waals surface area contributed by atoms with E-state index in [1.54, 1.807) is 0 Å². The first-order valence-electron chi connectivity index (χ1n) is 4.31. The molecule has 0 radical (unpaired) electrons. The van der Waals surface area contributed by atoms with Gasteiger partial charge in [0.25, 0.3) is 0 Å². The van der Waals surface area contributed by atoms with Crippen molar-refractivity contribution in [2.24, 2.45) is 0 Å².